The Morgan fingerprint density at radius 2 is 1.44 bits per heavy atom. The van der Waals surface area contributed by atoms with E-state index in [0.717, 1.165) is 5.48 Å². The average Bonchev–Trinajstić information content (AvgIpc) is 1.65. The summed E-state index contributed by atoms with van der Waals surface area (Å²) in [5.41, 5.74) is 4.97. The highest BCUT2D eigenvalue weighted by atomic mass is 16.5. The summed E-state index contributed by atoms with van der Waals surface area (Å²) in [7, 11) is 0. The molecule has 0 spiro atoms. The van der Waals surface area contributed by atoms with Crippen molar-refractivity contribution >= 4 is 12.2 Å². The van der Waals surface area contributed by atoms with Gasteiger partial charge in [-0.05, 0) is 0 Å². The fourth-order valence-corrected chi connectivity index (χ4v) is 0. The predicted molar refractivity (Wildman–Crippen MR) is 25.2 cm³/mol. The summed E-state index contributed by atoms with van der Waals surface area (Å²) in [6.07, 6.45) is -2.77. The Labute approximate surface area is 49.7 Å². The molecule has 7 nitrogen and oxygen atoms in total. The zero-order valence-electron chi connectivity index (χ0n) is 4.24. The van der Waals surface area contributed by atoms with Crippen LogP contribution in [0.2, 0.25) is 0 Å². The Kier molecular flexibility index (Phi) is 7.57. The number of hydroxylamine groups is 1. The highest BCUT2D eigenvalue weighted by Gasteiger charge is 1.79. The molecule has 0 rings (SSSR count). The van der Waals surface area contributed by atoms with Crippen molar-refractivity contribution in [3.05, 3.63) is 0 Å². The van der Waals surface area contributed by atoms with E-state index in [9.17, 15) is 0 Å². The van der Waals surface area contributed by atoms with E-state index >= 15 is 0 Å². The summed E-state index contributed by atoms with van der Waals surface area (Å²) in [4.78, 5) is 17.8. The summed E-state index contributed by atoms with van der Waals surface area (Å²) in [6.45, 7) is 0. The first-order valence-electron chi connectivity index (χ1n) is 1.62. The molecule has 9 heavy (non-hydrogen) atoms. The Balaban J connectivity index is 0. The van der Waals surface area contributed by atoms with Gasteiger partial charge in [-0.2, -0.15) is 0 Å². The summed E-state index contributed by atoms with van der Waals surface area (Å²) < 4.78 is 0. The summed E-state index contributed by atoms with van der Waals surface area (Å²) in [6, 6.07) is 0. The van der Waals surface area contributed by atoms with Gasteiger partial charge in [0.1, 0.15) is 0 Å². The normalized spacial score (nSPS) is 6.33. The SMILES string of the molecule is NC(=O)O.O=C(O)NO. The zero-order valence-corrected chi connectivity index (χ0v) is 4.24. The third kappa shape index (κ3) is 526. The Bertz CT molecular complexity index is 97.1. The molecule has 54 valence electrons. The van der Waals surface area contributed by atoms with Crippen LogP contribution in [0.5, 0.6) is 0 Å². The molecule has 0 aromatic rings. The van der Waals surface area contributed by atoms with Crippen LogP contribution in [0.15, 0.2) is 0 Å². The van der Waals surface area contributed by atoms with E-state index in [4.69, 9.17) is 25.0 Å². The molecule has 7 heteroatoms. The molecule has 0 fully saturated rings. The van der Waals surface area contributed by atoms with Gasteiger partial charge in [-0.1, -0.05) is 0 Å². The molecule has 0 aromatic heterocycles. The van der Waals surface area contributed by atoms with Crippen LogP contribution in [0.4, 0.5) is 9.59 Å². The largest absolute Gasteiger partial charge is 0.465 e. The standard InChI is InChI=1S/CH3NO3.CH3NO2/c3-1(4)2-5;2-1(3)4/h2,5H,(H,3,4);2H2,(H,3,4). The minimum atomic E-state index is -1.44. The third-order valence-electron chi connectivity index (χ3n) is 0.0956. The topological polar surface area (TPSA) is 133 Å². The first-order valence-corrected chi connectivity index (χ1v) is 1.62. The highest BCUT2D eigenvalue weighted by Crippen LogP contribution is 1.45. The molecule has 0 atom stereocenters. The lowest BCUT2D eigenvalue weighted by Crippen LogP contribution is -2.14. The minimum absolute atomic E-state index is 0.944. The molecule has 0 aliphatic heterocycles. The molecule has 0 saturated carbocycles. The number of hydrogen-bond acceptors (Lipinski definition) is 3. The summed E-state index contributed by atoms with van der Waals surface area (Å²) in [5.74, 6) is 0. The zero-order chi connectivity index (χ0) is 7.86. The lowest BCUT2D eigenvalue weighted by Gasteiger charge is -1.77. The van der Waals surface area contributed by atoms with E-state index in [0.29, 0.717) is 0 Å². The maximum atomic E-state index is 9.01. The van der Waals surface area contributed by atoms with Gasteiger partial charge in [-0.25, -0.2) is 15.1 Å². The number of nitrogens with one attached hydrogen (secondary N) is 1. The van der Waals surface area contributed by atoms with Crippen LogP contribution in [0.3, 0.4) is 0 Å². The van der Waals surface area contributed by atoms with Gasteiger partial charge in [-0.15, -0.1) is 0 Å². The summed E-state index contributed by atoms with van der Waals surface area (Å²) in [5, 5.41) is 21.8. The van der Waals surface area contributed by atoms with Crippen LogP contribution in [0, 0.1) is 0 Å². The molecule has 0 bridgehead atoms. The maximum absolute atomic E-state index is 9.01. The van der Waals surface area contributed by atoms with E-state index in [1.807, 2.05) is 0 Å². The number of carboxylic acid groups (broad SMARTS) is 2. The number of nitrogens with two attached hydrogens (primary N) is 1. The van der Waals surface area contributed by atoms with Gasteiger partial charge in [0.2, 0.25) is 0 Å². The van der Waals surface area contributed by atoms with E-state index in [1.54, 1.807) is 0 Å². The molecule has 0 heterocycles. The molecule has 0 unspecified atom stereocenters. The highest BCUT2D eigenvalue weighted by molar-refractivity contribution is 5.62. The lowest BCUT2D eigenvalue weighted by molar-refractivity contribution is 0.122. The van der Waals surface area contributed by atoms with Gasteiger partial charge in [0.05, 0.1) is 0 Å². The molecular weight excluding hydrogens is 132 g/mol. The smallest absolute Gasteiger partial charge is 0.428 e. The number of amides is 2. The van der Waals surface area contributed by atoms with Gasteiger partial charge in [0, 0.05) is 0 Å². The molecule has 0 aliphatic rings. The summed E-state index contributed by atoms with van der Waals surface area (Å²) >= 11 is 0. The van der Waals surface area contributed by atoms with Crippen molar-refractivity contribution < 1.29 is 25.0 Å². The number of primary amides is 1. The maximum Gasteiger partial charge on any atom is 0.428 e. The van der Waals surface area contributed by atoms with Crippen molar-refractivity contribution in [1.29, 1.82) is 0 Å². The van der Waals surface area contributed by atoms with Crippen molar-refractivity contribution in [2.45, 2.75) is 0 Å². The molecular formula is C2H6N2O5. The van der Waals surface area contributed by atoms with Gasteiger partial charge in [0.15, 0.2) is 0 Å². The number of carbonyl (C=O) groups is 2. The molecule has 0 saturated heterocycles. The van der Waals surface area contributed by atoms with Crippen LogP contribution in [-0.4, -0.2) is 27.6 Å². The van der Waals surface area contributed by atoms with Crippen molar-refractivity contribution in [2.24, 2.45) is 5.73 Å². The number of hydrogen-bond donors (Lipinski definition) is 5. The predicted octanol–water partition coefficient (Wildman–Crippen LogP) is -0.734. The Hall–Kier alpha value is -1.50. The number of rotatable bonds is 0. The fraction of sp³-hybridized carbons (Fsp3) is 0. The second-order valence-corrected chi connectivity index (χ2v) is 0.755. The van der Waals surface area contributed by atoms with Crippen molar-refractivity contribution in [3.8, 4) is 0 Å². The Morgan fingerprint density at radius 1 is 1.33 bits per heavy atom. The van der Waals surface area contributed by atoms with Crippen molar-refractivity contribution in [1.82, 2.24) is 5.48 Å². The Morgan fingerprint density at radius 3 is 1.44 bits per heavy atom. The molecule has 0 aromatic carbocycles. The minimum Gasteiger partial charge on any atom is -0.465 e. The lowest BCUT2D eigenvalue weighted by atomic mass is 11.3. The quantitative estimate of drug-likeness (QED) is 0.222. The van der Waals surface area contributed by atoms with Crippen LogP contribution >= 0.6 is 0 Å². The van der Waals surface area contributed by atoms with Gasteiger partial charge >= 0.3 is 12.2 Å². The second-order valence-electron chi connectivity index (χ2n) is 0.755. The van der Waals surface area contributed by atoms with E-state index in [-0.39, 0.29) is 0 Å². The van der Waals surface area contributed by atoms with Gasteiger partial charge < -0.3 is 15.9 Å². The molecule has 0 radical (unpaired) electrons. The van der Waals surface area contributed by atoms with Crippen molar-refractivity contribution in [3.63, 3.8) is 0 Å². The van der Waals surface area contributed by atoms with E-state index in [1.165, 1.54) is 0 Å². The fourth-order valence-electron chi connectivity index (χ4n) is 0. The average molecular weight is 138 g/mol. The van der Waals surface area contributed by atoms with Crippen molar-refractivity contribution in [2.75, 3.05) is 0 Å². The van der Waals surface area contributed by atoms with E-state index < -0.39 is 12.2 Å². The molecule has 0 aliphatic carbocycles. The first kappa shape index (κ1) is 10.5. The van der Waals surface area contributed by atoms with Gasteiger partial charge in [0.25, 0.3) is 0 Å². The van der Waals surface area contributed by atoms with Crippen LogP contribution < -0.4 is 11.2 Å². The van der Waals surface area contributed by atoms with E-state index in [2.05, 4.69) is 5.73 Å². The first-order chi connectivity index (χ1) is 4.00. The van der Waals surface area contributed by atoms with Crippen LogP contribution in [0.25, 0.3) is 0 Å². The molecule has 2 amide bonds. The van der Waals surface area contributed by atoms with Gasteiger partial charge in [-0.3, -0.25) is 5.21 Å². The van der Waals surface area contributed by atoms with Crippen LogP contribution in [-0.2, 0) is 0 Å². The monoisotopic (exact) mass is 138 g/mol. The second kappa shape index (κ2) is 6.50. The van der Waals surface area contributed by atoms with Crippen LogP contribution in [0.1, 0.15) is 0 Å². The molecule has 6 N–H and O–H groups in total. The third-order valence-corrected chi connectivity index (χ3v) is 0.0956.